The van der Waals surface area contributed by atoms with Crippen LogP contribution in [0.1, 0.15) is 26.5 Å². The number of halogens is 1. The third-order valence-corrected chi connectivity index (χ3v) is 6.22. The van der Waals surface area contributed by atoms with Crippen molar-refractivity contribution < 1.29 is 13.9 Å². The molecule has 0 fully saturated rings. The van der Waals surface area contributed by atoms with E-state index in [1.165, 1.54) is 18.4 Å². The highest BCUT2D eigenvalue weighted by Gasteiger charge is 2.15. The van der Waals surface area contributed by atoms with E-state index < -0.39 is 5.97 Å². The second-order valence-corrected chi connectivity index (χ2v) is 8.52. The molecule has 0 spiro atoms. The predicted molar refractivity (Wildman–Crippen MR) is 124 cm³/mol. The van der Waals surface area contributed by atoms with Crippen molar-refractivity contribution in [3.8, 4) is 11.3 Å². The van der Waals surface area contributed by atoms with Gasteiger partial charge in [-0.05, 0) is 68.3 Å². The van der Waals surface area contributed by atoms with Gasteiger partial charge >= 0.3 is 5.97 Å². The molecule has 0 saturated heterocycles. The summed E-state index contributed by atoms with van der Waals surface area (Å²) in [5.74, 6) is 0.252. The van der Waals surface area contributed by atoms with Gasteiger partial charge in [0, 0.05) is 22.0 Å². The van der Waals surface area contributed by atoms with E-state index in [9.17, 15) is 4.79 Å². The number of aromatic nitrogens is 1. The first-order valence-corrected chi connectivity index (χ1v) is 10.7. The molecule has 1 N–H and O–H groups in total. The van der Waals surface area contributed by atoms with Crippen LogP contribution in [0.4, 0.5) is 5.13 Å². The number of esters is 1. The van der Waals surface area contributed by atoms with Gasteiger partial charge in [-0.3, -0.25) is 5.43 Å². The highest BCUT2D eigenvalue weighted by atomic mass is 35.5. The van der Waals surface area contributed by atoms with Crippen molar-refractivity contribution in [3.63, 3.8) is 0 Å². The molecule has 0 bridgehead atoms. The second kappa shape index (κ2) is 8.53. The summed E-state index contributed by atoms with van der Waals surface area (Å²) in [4.78, 5) is 16.7. The zero-order chi connectivity index (χ0) is 22.1. The quantitative estimate of drug-likeness (QED) is 0.310. The molecule has 2 heterocycles. The number of benzene rings is 2. The van der Waals surface area contributed by atoms with E-state index in [4.69, 9.17) is 20.8 Å². The Morgan fingerprint density at radius 3 is 2.55 bits per heavy atom. The van der Waals surface area contributed by atoms with Crippen molar-refractivity contribution in [1.29, 1.82) is 0 Å². The number of ether oxygens (including phenoxy) is 1. The van der Waals surface area contributed by atoms with E-state index >= 15 is 0 Å². The van der Waals surface area contributed by atoms with Crippen LogP contribution in [-0.4, -0.2) is 18.1 Å². The van der Waals surface area contributed by atoms with Crippen LogP contribution in [0.5, 0.6) is 0 Å². The largest absolute Gasteiger partial charge is 0.465 e. The van der Waals surface area contributed by atoms with Gasteiger partial charge in [-0.25, -0.2) is 9.78 Å². The minimum atomic E-state index is -0.414. The average Bonchev–Trinajstić information content (AvgIpc) is 3.13. The summed E-state index contributed by atoms with van der Waals surface area (Å²) in [6, 6.07) is 13.4. The number of nitrogens with one attached hydrogen (secondary N) is 1. The molecular formula is C23H20ClN3O3S. The predicted octanol–water partition coefficient (Wildman–Crippen LogP) is 5.85. The van der Waals surface area contributed by atoms with E-state index in [0.717, 1.165) is 27.7 Å². The topological polar surface area (TPSA) is 76.7 Å². The van der Waals surface area contributed by atoms with Gasteiger partial charge in [0.1, 0.15) is 16.2 Å². The zero-order valence-corrected chi connectivity index (χ0v) is 19.0. The molecule has 8 heteroatoms. The molecular weight excluding hydrogens is 434 g/mol. The summed E-state index contributed by atoms with van der Waals surface area (Å²) in [6.07, 6.45) is 0. The zero-order valence-electron chi connectivity index (χ0n) is 17.4. The lowest BCUT2D eigenvalue weighted by Gasteiger charge is -2.08. The minimum absolute atomic E-state index is 0.414. The number of carbonyl (C=O) groups excluding carboxylic acids is 1. The molecule has 0 aliphatic carbocycles. The number of nitrogens with zero attached hydrogens (tertiary/aromatic N) is 2. The molecule has 0 aliphatic rings. The Labute approximate surface area is 188 Å². The third-order valence-electron chi connectivity index (χ3n) is 4.93. The first kappa shape index (κ1) is 21.1. The molecule has 0 aliphatic heterocycles. The Morgan fingerprint density at radius 1 is 1.13 bits per heavy atom. The first-order chi connectivity index (χ1) is 14.9. The Kier molecular flexibility index (Phi) is 5.80. The molecule has 4 aromatic rings. The molecule has 0 unspecified atom stereocenters. The van der Waals surface area contributed by atoms with Gasteiger partial charge in [0.25, 0.3) is 0 Å². The Balaban J connectivity index is 1.84. The molecule has 4 rings (SSSR count). The average molecular weight is 454 g/mol. The third kappa shape index (κ3) is 4.33. The number of hydrogen-bond acceptors (Lipinski definition) is 7. The highest BCUT2D eigenvalue weighted by molar-refractivity contribution is 7.17. The molecule has 2 aromatic heterocycles. The smallest absolute Gasteiger partial charge is 0.350 e. The fourth-order valence-corrected chi connectivity index (χ4v) is 4.06. The summed E-state index contributed by atoms with van der Waals surface area (Å²) in [7, 11) is 1.35. The summed E-state index contributed by atoms with van der Waals surface area (Å²) in [5.41, 5.74) is 7.44. The van der Waals surface area contributed by atoms with Gasteiger partial charge in [0.2, 0.25) is 5.13 Å². The Morgan fingerprint density at radius 2 is 1.84 bits per heavy atom. The number of fused-ring (bicyclic) bond motifs is 1. The summed E-state index contributed by atoms with van der Waals surface area (Å²) in [5, 5.41) is 7.30. The molecule has 6 nitrogen and oxygen atoms in total. The standard InChI is InChI=1S/C23H20ClN3O3S/c1-12-9-17-18(26-27-23-25-14(3)21(31-23)22(28)29-4)11-19(30-20(17)10-13(12)2)15-5-7-16(24)8-6-15/h5-11H,1-4H3,(H,25,27)/b26-18+. The minimum Gasteiger partial charge on any atom is -0.465 e. The van der Waals surface area contributed by atoms with E-state index in [1.54, 1.807) is 6.92 Å². The van der Waals surface area contributed by atoms with E-state index in [1.807, 2.05) is 56.3 Å². The summed E-state index contributed by atoms with van der Waals surface area (Å²) in [6.45, 7) is 5.85. The maximum Gasteiger partial charge on any atom is 0.350 e. The number of rotatable bonds is 4. The maximum absolute atomic E-state index is 11.9. The van der Waals surface area contributed by atoms with E-state index in [2.05, 4.69) is 15.5 Å². The number of thiazole rings is 1. The highest BCUT2D eigenvalue weighted by Crippen LogP contribution is 2.26. The van der Waals surface area contributed by atoms with Crippen LogP contribution in [0.15, 0.2) is 52.0 Å². The normalized spacial score (nSPS) is 11.7. The number of carbonyl (C=O) groups is 1. The molecule has 2 aromatic carbocycles. The number of anilines is 1. The Hall–Kier alpha value is -3.16. The second-order valence-electron chi connectivity index (χ2n) is 7.08. The van der Waals surface area contributed by atoms with Gasteiger partial charge in [0.05, 0.1) is 18.2 Å². The monoisotopic (exact) mass is 453 g/mol. The number of aryl methyl sites for hydroxylation is 3. The van der Waals surface area contributed by atoms with Crippen molar-refractivity contribution in [3.05, 3.63) is 74.5 Å². The molecule has 0 atom stereocenters. The van der Waals surface area contributed by atoms with Crippen LogP contribution in [-0.2, 0) is 4.74 Å². The molecule has 31 heavy (non-hydrogen) atoms. The van der Waals surface area contributed by atoms with Gasteiger partial charge in [-0.2, -0.15) is 5.10 Å². The van der Waals surface area contributed by atoms with Crippen molar-refractivity contribution in [1.82, 2.24) is 4.98 Å². The van der Waals surface area contributed by atoms with Crippen LogP contribution in [0, 0.1) is 20.8 Å². The van der Waals surface area contributed by atoms with Crippen LogP contribution < -0.4 is 10.8 Å². The van der Waals surface area contributed by atoms with Gasteiger partial charge in [0.15, 0.2) is 0 Å². The summed E-state index contributed by atoms with van der Waals surface area (Å²) < 4.78 is 11.0. The van der Waals surface area contributed by atoms with Crippen molar-refractivity contribution >= 4 is 45.0 Å². The van der Waals surface area contributed by atoms with E-state index in [-0.39, 0.29) is 0 Å². The van der Waals surface area contributed by atoms with Crippen LogP contribution in [0.3, 0.4) is 0 Å². The van der Waals surface area contributed by atoms with Crippen molar-refractivity contribution in [2.45, 2.75) is 20.8 Å². The first-order valence-electron chi connectivity index (χ1n) is 9.52. The van der Waals surface area contributed by atoms with Crippen LogP contribution >= 0.6 is 22.9 Å². The van der Waals surface area contributed by atoms with Crippen LogP contribution in [0.25, 0.3) is 22.3 Å². The van der Waals surface area contributed by atoms with E-state index in [0.29, 0.717) is 31.8 Å². The SMILES string of the molecule is COC(=O)c1sc(N/N=c2\cc(-c3ccc(Cl)cc3)oc3cc(C)c(C)cc23)nc1C. The molecule has 0 amide bonds. The lowest BCUT2D eigenvalue weighted by molar-refractivity contribution is 0.0605. The van der Waals surface area contributed by atoms with Crippen LogP contribution in [0.2, 0.25) is 5.02 Å². The van der Waals surface area contributed by atoms with Gasteiger partial charge in [-0.15, -0.1) is 0 Å². The fourth-order valence-electron chi connectivity index (χ4n) is 3.11. The fraction of sp³-hybridized carbons (Fsp3) is 0.174. The maximum atomic E-state index is 11.9. The Bertz CT molecular complexity index is 1360. The van der Waals surface area contributed by atoms with Gasteiger partial charge in [-0.1, -0.05) is 22.9 Å². The van der Waals surface area contributed by atoms with Crippen molar-refractivity contribution in [2.75, 3.05) is 12.5 Å². The van der Waals surface area contributed by atoms with Gasteiger partial charge < -0.3 is 9.15 Å². The van der Waals surface area contributed by atoms with Crippen molar-refractivity contribution in [2.24, 2.45) is 5.10 Å². The lowest BCUT2D eigenvalue weighted by Crippen LogP contribution is -2.08. The molecule has 0 saturated carbocycles. The number of hydrogen-bond donors (Lipinski definition) is 1. The molecule has 0 radical (unpaired) electrons. The summed E-state index contributed by atoms with van der Waals surface area (Å²) >= 11 is 7.23. The lowest BCUT2D eigenvalue weighted by atomic mass is 10.1. The molecule has 158 valence electrons. The number of methoxy groups -OCH3 is 1.